The molecule has 2 heterocycles. The van der Waals surface area contributed by atoms with Crippen molar-refractivity contribution in [2.45, 2.75) is 36.6 Å². The van der Waals surface area contributed by atoms with Gasteiger partial charge in [0.25, 0.3) is 0 Å². The van der Waals surface area contributed by atoms with Gasteiger partial charge in [-0.1, -0.05) is 19.1 Å². The Balaban J connectivity index is 1.50. The Morgan fingerprint density at radius 2 is 1.85 bits per heavy atom. The number of para-hydroxylation sites is 2. The Bertz CT molecular complexity index is 1160. The van der Waals surface area contributed by atoms with Crippen LogP contribution in [-0.2, 0) is 19.6 Å². The number of methoxy groups -OCH3 is 1. The number of carbonyl (C=O) groups is 1. The molecule has 1 spiro atoms. The second-order valence-electron chi connectivity index (χ2n) is 8.43. The lowest BCUT2D eigenvalue weighted by Gasteiger charge is -2.45. The summed E-state index contributed by atoms with van der Waals surface area (Å²) in [4.78, 5) is 16.7. The number of carbonyl (C=O) groups excluding carboxylic acids is 1. The number of nitrogens with one attached hydrogen (secondary N) is 3. The highest BCUT2D eigenvalue weighted by molar-refractivity contribution is 7.89. The Labute approximate surface area is 200 Å². The van der Waals surface area contributed by atoms with Crippen LogP contribution in [0.2, 0.25) is 0 Å². The summed E-state index contributed by atoms with van der Waals surface area (Å²) in [5, 5.41) is 9.77. The SMILES string of the molecule is CCC(=O)Nc1ccc(S(=O)(=O)N2CCC3(CC2)Nc2ccccc2N=C3NCCOC)cc1. The highest BCUT2D eigenvalue weighted by atomic mass is 32.2. The summed E-state index contributed by atoms with van der Waals surface area (Å²) in [6.07, 6.45) is 1.51. The van der Waals surface area contributed by atoms with Crippen LogP contribution in [0.15, 0.2) is 58.4 Å². The highest BCUT2D eigenvalue weighted by Gasteiger charge is 2.44. The normalized spacial score (nSPS) is 17.4. The van der Waals surface area contributed by atoms with E-state index < -0.39 is 15.6 Å². The van der Waals surface area contributed by atoms with Crippen LogP contribution in [0.25, 0.3) is 0 Å². The van der Waals surface area contributed by atoms with Gasteiger partial charge in [-0.15, -0.1) is 0 Å². The minimum absolute atomic E-state index is 0.116. The average molecular weight is 486 g/mol. The van der Waals surface area contributed by atoms with Crippen LogP contribution in [0, 0.1) is 0 Å². The second-order valence-corrected chi connectivity index (χ2v) is 10.4. The van der Waals surface area contributed by atoms with Crippen LogP contribution in [0.4, 0.5) is 17.1 Å². The van der Waals surface area contributed by atoms with Crippen LogP contribution in [0.5, 0.6) is 0 Å². The first-order chi connectivity index (χ1) is 16.4. The summed E-state index contributed by atoms with van der Waals surface area (Å²) in [7, 11) is -2.00. The lowest BCUT2D eigenvalue weighted by molar-refractivity contribution is -0.115. The van der Waals surface area contributed by atoms with Crippen LogP contribution in [0.3, 0.4) is 0 Å². The molecule has 182 valence electrons. The summed E-state index contributed by atoms with van der Waals surface area (Å²) in [6, 6.07) is 14.2. The standard InChI is InChI=1S/C24H31N5O4S/c1-3-22(30)26-18-8-10-19(11-9-18)34(31,32)29-15-12-24(13-16-29)23(25-14-17-33-2)27-20-6-4-5-7-21(20)28-24/h4-11,28H,3,12-17H2,1-2H3,(H,25,27)(H,26,30). The Hall–Kier alpha value is -2.95. The molecule has 0 aromatic heterocycles. The topological polar surface area (TPSA) is 112 Å². The van der Waals surface area contributed by atoms with Crippen LogP contribution < -0.4 is 16.0 Å². The fraction of sp³-hybridized carbons (Fsp3) is 0.417. The van der Waals surface area contributed by atoms with E-state index in [1.165, 1.54) is 4.31 Å². The van der Waals surface area contributed by atoms with Crippen molar-refractivity contribution in [3.05, 3.63) is 48.5 Å². The number of rotatable bonds is 7. The molecule has 34 heavy (non-hydrogen) atoms. The predicted molar refractivity (Wildman–Crippen MR) is 133 cm³/mol. The van der Waals surface area contributed by atoms with E-state index in [4.69, 9.17) is 9.73 Å². The zero-order valence-electron chi connectivity index (χ0n) is 19.5. The van der Waals surface area contributed by atoms with E-state index in [1.807, 2.05) is 24.3 Å². The van der Waals surface area contributed by atoms with Gasteiger partial charge in [-0.2, -0.15) is 4.31 Å². The second kappa shape index (κ2) is 10.1. The third-order valence-electron chi connectivity index (χ3n) is 6.24. The average Bonchev–Trinajstić information content (AvgIpc) is 2.85. The maximum atomic E-state index is 13.3. The largest absolute Gasteiger partial charge is 0.383 e. The van der Waals surface area contributed by atoms with Crippen molar-refractivity contribution in [2.75, 3.05) is 44.0 Å². The Morgan fingerprint density at radius 1 is 1.15 bits per heavy atom. The minimum Gasteiger partial charge on any atom is -0.383 e. The lowest BCUT2D eigenvalue weighted by Crippen LogP contribution is -2.60. The molecule has 0 aliphatic carbocycles. The molecule has 1 amide bonds. The van der Waals surface area contributed by atoms with Gasteiger partial charge >= 0.3 is 0 Å². The zero-order valence-corrected chi connectivity index (χ0v) is 20.3. The zero-order chi connectivity index (χ0) is 24.2. The van der Waals surface area contributed by atoms with Crippen LogP contribution in [0.1, 0.15) is 26.2 Å². The predicted octanol–water partition coefficient (Wildman–Crippen LogP) is 2.95. The number of amidine groups is 1. The van der Waals surface area contributed by atoms with Crippen LogP contribution in [-0.4, -0.2) is 63.4 Å². The van der Waals surface area contributed by atoms with Crippen molar-refractivity contribution in [1.29, 1.82) is 0 Å². The molecule has 0 radical (unpaired) electrons. The number of piperidine rings is 1. The number of amides is 1. The summed E-state index contributed by atoms with van der Waals surface area (Å²) in [5.41, 5.74) is 1.91. The molecule has 9 nitrogen and oxygen atoms in total. The molecule has 1 fully saturated rings. The lowest BCUT2D eigenvalue weighted by atomic mass is 9.85. The molecular formula is C24H31N5O4S. The van der Waals surface area contributed by atoms with E-state index in [-0.39, 0.29) is 10.8 Å². The maximum Gasteiger partial charge on any atom is 0.243 e. The van der Waals surface area contributed by atoms with Gasteiger partial charge in [0.2, 0.25) is 15.9 Å². The summed E-state index contributed by atoms with van der Waals surface area (Å²) in [5.74, 6) is 0.700. The third kappa shape index (κ3) is 4.94. The minimum atomic E-state index is -3.65. The van der Waals surface area contributed by atoms with E-state index in [0.29, 0.717) is 51.2 Å². The molecule has 0 saturated carbocycles. The first kappa shape index (κ1) is 24.2. The van der Waals surface area contributed by atoms with Crippen molar-refractivity contribution in [3.63, 3.8) is 0 Å². The van der Waals surface area contributed by atoms with E-state index in [1.54, 1.807) is 38.3 Å². The molecule has 3 N–H and O–H groups in total. The van der Waals surface area contributed by atoms with Crippen molar-refractivity contribution in [2.24, 2.45) is 4.99 Å². The number of fused-ring (bicyclic) bond motifs is 1. The van der Waals surface area contributed by atoms with Gasteiger partial charge in [0.15, 0.2) is 0 Å². The molecule has 2 aromatic carbocycles. The van der Waals surface area contributed by atoms with E-state index >= 15 is 0 Å². The van der Waals surface area contributed by atoms with Crippen molar-refractivity contribution < 1.29 is 17.9 Å². The molecule has 0 atom stereocenters. The first-order valence-electron chi connectivity index (χ1n) is 11.5. The fourth-order valence-corrected chi connectivity index (χ4v) is 5.72. The van der Waals surface area contributed by atoms with Gasteiger partial charge in [-0.25, -0.2) is 13.4 Å². The van der Waals surface area contributed by atoms with E-state index in [0.717, 1.165) is 17.2 Å². The fourth-order valence-electron chi connectivity index (χ4n) is 4.28. The van der Waals surface area contributed by atoms with Gasteiger partial charge in [-0.05, 0) is 49.2 Å². The Morgan fingerprint density at radius 3 is 2.53 bits per heavy atom. The summed E-state index contributed by atoms with van der Waals surface area (Å²) >= 11 is 0. The molecule has 10 heteroatoms. The maximum absolute atomic E-state index is 13.3. The molecule has 0 unspecified atom stereocenters. The monoisotopic (exact) mass is 485 g/mol. The van der Waals surface area contributed by atoms with Crippen LogP contribution >= 0.6 is 0 Å². The smallest absolute Gasteiger partial charge is 0.243 e. The van der Waals surface area contributed by atoms with Gasteiger partial charge in [0, 0.05) is 38.9 Å². The van der Waals surface area contributed by atoms with Gasteiger partial charge in [0.1, 0.15) is 5.84 Å². The Kier molecular flexibility index (Phi) is 7.20. The highest BCUT2D eigenvalue weighted by Crippen LogP contribution is 2.38. The third-order valence-corrected chi connectivity index (χ3v) is 8.15. The van der Waals surface area contributed by atoms with Gasteiger partial charge in [0.05, 0.1) is 28.4 Å². The molecule has 2 aliphatic heterocycles. The quantitative estimate of drug-likeness (QED) is 0.520. The number of aliphatic imine (C=N–C) groups is 1. The number of sulfonamides is 1. The van der Waals surface area contributed by atoms with E-state index in [9.17, 15) is 13.2 Å². The van der Waals surface area contributed by atoms with Crippen molar-refractivity contribution in [3.8, 4) is 0 Å². The number of anilines is 2. The van der Waals surface area contributed by atoms with E-state index in [2.05, 4.69) is 16.0 Å². The molecular weight excluding hydrogens is 454 g/mol. The number of hydrogen-bond donors (Lipinski definition) is 3. The number of hydrogen-bond acceptors (Lipinski definition) is 7. The first-order valence-corrected chi connectivity index (χ1v) is 12.9. The number of nitrogens with zero attached hydrogens (tertiary/aromatic N) is 2. The van der Waals surface area contributed by atoms with Gasteiger partial charge < -0.3 is 20.7 Å². The molecule has 1 saturated heterocycles. The summed E-state index contributed by atoms with van der Waals surface area (Å²) in [6.45, 7) is 3.64. The molecule has 0 bridgehead atoms. The van der Waals surface area contributed by atoms with Gasteiger partial charge in [-0.3, -0.25) is 4.79 Å². The van der Waals surface area contributed by atoms with Crippen molar-refractivity contribution >= 4 is 38.8 Å². The molecule has 2 aliphatic rings. The van der Waals surface area contributed by atoms with Crippen molar-refractivity contribution in [1.82, 2.24) is 9.62 Å². The molecule has 2 aromatic rings. The number of ether oxygens (including phenoxy) is 1. The number of benzene rings is 2. The molecule has 4 rings (SSSR count). The summed E-state index contributed by atoms with van der Waals surface area (Å²) < 4.78 is 33.3.